The molecule has 1 aliphatic rings. The SMILES string of the molecule is CCS[C@@H]1OC(COCc2ccccc2)[C@H](OC(C)=O)[C@H](OC(C)=O)C1OCc1ccccc1. The molecule has 1 heterocycles. The summed E-state index contributed by atoms with van der Waals surface area (Å²) in [6, 6.07) is 19.5. The smallest absolute Gasteiger partial charge is 0.303 e. The number of esters is 2. The Morgan fingerprint density at radius 1 is 0.824 bits per heavy atom. The van der Waals surface area contributed by atoms with Crippen LogP contribution in [0.2, 0.25) is 0 Å². The highest BCUT2D eigenvalue weighted by Gasteiger charge is 2.50. The van der Waals surface area contributed by atoms with Crippen molar-refractivity contribution in [1.29, 1.82) is 0 Å². The van der Waals surface area contributed by atoms with Crippen LogP contribution in [0.1, 0.15) is 31.9 Å². The molecule has 7 nitrogen and oxygen atoms in total. The highest BCUT2D eigenvalue weighted by atomic mass is 32.2. The molecular weight excluding hydrogens is 456 g/mol. The summed E-state index contributed by atoms with van der Waals surface area (Å²) in [6.07, 6.45) is -2.97. The summed E-state index contributed by atoms with van der Waals surface area (Å²) in [4.78, 5) is 24.0. The quantitative estimate of drug-likeness (QED) is 0.437. The van der Waals surface area contributed by atoms with E-state index in [0.717, 1.165) is 16.9 Å². The molecule has 2 aromatic carbocycles. The Morgan fingerprint density at radius 2 is 1.38 bits per heavy atom. The molecule has 0 amide bonds. The monoisotopic (exact) mass is 488 g/mol. The maximum atomic E-state index is 12.0. The maximum Gasteiger partial charge on any atom is 0.303 e. The lowest BCUT2D eigenvalue weighted by molar-refractivity contribution is -0.242. The zero-order valence-electron chi connectivity index (χ0n) is 19.8. The van der Waals surface area contributed by atoms with Crippen molar-refractivity contribution < 1.29 is 33.3 Å². The molecule has 2 unspecified atom stereocenters. The van der Waals surface area contributed by atoms with Crippen molar-refractivity contribution in [3.8, 4) is 0 Å². The highest BCUT2D eigenvalue weighted by molar-refractivity contribution is 7.99. The molecule has 0 radical (unpaired) electrons. The van der Waals surface area contributed by atoms with E-state index in [0.29, 0.717) is 13.2 Å². The Morgan fingerprint density at radius 3 is 1.94 bits per heavy atom. The normalized spacial score (nSPS) is 24.4. The number of hydrogen-bond acceptors (Lipinski definition) is 8. The highest BCUT2D eigenvalue weighted by Crippen LogP contribution is 2.34. The summed E-state index contributed by atoms with van der Waals surface area (Å²) in [7, 11) is 0. The second kappa shape index (κ2) is 13.5. The van der Waals surface area contributed by atoms with Gasteiger partial charge in [0.05, 0.1) is 19.8 Å². The number of benzene rings is 2. The molecule has 5 atom stereocenters. The molecule has 3 rings (SSSR count). The van der Waals surface area contributed by atoms with Crippen LogP contribution in [-0.4, -0.2) is 54.2 Å². The van der Waals surface area contributed by atoms with Gasteiger partial charge in [0.15, 0.2) is 12.2 Å². The van der Waals surface area contributed by atoms with Crippen molar-refractivity contribution in [3.63, 3.8) is 0 Å². The summed E-state index contributed by atoms with van der Waals surface area (Å²) < 4.78 is 29.8. The van der Waals surface area contributed by atoms with Crippen molar-refractivity contribution in [2.75, 3.05) is 12.4 Å². The van der Waals surface area contributed by atoms with Crippen molar-refractivity contribution in [1.82, 2.24) is 0 Å². The van der Waals surface area contributed by atoms with Gasteiger partial charge >= 0.3 is 11.9 Å². The fraction of sp³-hybridized carbons (Fsp3) is 0.462. The first kappa shape index (κ1) is 26.2. The van der Waals surface area contributed by atoms with E-state index in [-0.39, 0.29) is 6.61 Å². The molecule has 0 bridgehead atoms. The Bertz CT molecular complexity index is 893. The van der Waals surface area contributed by atoms with Crippen molar-refractivity contribution >= 4 is 23.7 Å². The molecule has 0 aliphatic carbocycles. The van der Waals surface area contributed by atoms with E-state index < -0.39 is 41.8 Å². The van der Waals surface area contributed by atoms with Gasteiger partial charge in [-0.2, -0.15) is 0 Å². The predicted octanol–water partition coefficient (Wildman–Crippen LogP) is 4.13. The van der Waals surface area contributed by atoms with Crippen LogP contribution in [0.25, 0.3) is 0 Å². The Hall–Kier alpha value is -2.39. The second-order valence-electron chi connectivity index (χ2n) is 7.91. The average molecular weight is 489 g/mol. The maximum absolute atomic E-state index is 12.0. The van der Waals surface area contributed by atoms with E-state index in [1.54, 1.807) is 11.8 Å². The number of ether oxygens (including phenoxy) is 5. The van der Waals surface area contributed by atoms with Gasteiger partial charge in [0, 0.05) is 13.8 Å². The van der Waals surface area contributed by atoms with Crippen molar-refractivity contribution in [2.24, 2.45) is 0 Å². The third kappa shape index (κ3) is 7.84. The van der Waals surface area contributed by atoms with Crippen LogP contribution in [-0.2, 0) is 46.5 Å². The summed E-state index contributed by atoms with van der Waals surface area (Å²) >= 11 is 1.55. The molecule has 1 aliphatic heterocycles. The van der Waals surface area contributed by atoms with Crippen LogP contribution in [0.15, 0.2) is 60.7 Å². The van der Waals surface area contributed by atoms with Gasteiger partial charge in [-0.1, -0.05) is 67.6 Å². The lowest BCUT2D eigenvalue weighted by Crippen LogP contribution is -2.61. The Labute approximate surface area is 205 Å². The van der Waals surface area contributed by atoms with Crippen LogP contribution in [0.4, 0.5) is 0 Å². The van der Waals surface area contributed by atoms with Gasteiger partial charge in [0.1, 0.15) is 17.6 Å². The van der Waals surface area contributed by atoms with Gasteiger partial charge in [-0.25, -0.2) is 0 Å². The molecule has 0 aromatic heterocycles. The molecule has 1 saturated heterocycles. The van der Waals surface area contributed by atoms with Gasteiger partial charge in [-0.15, -0.1) is 11.8 Å². The zero-order chi connectivity index (χ0) is 24.3. The third-order valence-corrected chi connectivity index (χ3v) is 6.25. The molecule has 0 spiro atoms. The largest absolute Gasteiger partial charge is 0.456 e. The minimum absolute atomic E-state index is 0.163. The van der Waals surface area contributed by atoms with Crippen molar-refractivity contribution in [2.45, 2.75) is 63.8 Å². The molecule has 2 aromatic rings. The van der Waals surface area contributed by atoms with E-state index in [9.17, 15) is 9.59 Å². The number of rotatable bonds is 11. The van der Waals surface area contributed by atoms with Gasteiger partial charge < -0.3 is 23.7 Å². The first-order valence-electron chi connectivity index (χ1n) is 11.4. The first-order chi connectivity index (χ1) is 16.5. The van der Waals surface area contributed by atoms with Gasteiger partial charge in [-0.05, 0) is 16.9 Å². The summed E-state index contributed by atoms with van der Waals surface area (Å²) in [5.74, 6) is -0.220. The topological polar surface area (TPSA) is 80.3 Å². The molecule has 1 fully saturated rings. The standard InChI is InChI=1S/C26H32O7S/c1-4-34-26-25(30-16-21-13-9-6-10-14-21)24(32-19(3)28)23(31-18(2)27)22(33-26)17-29-15-20-11-7-5-8-12-20/h5-14,22-26H,4,15-17H2,1-3H3/t22?,23-,24-,25?,26-/m0/s1. The van der Waals surface area contributed by atoms with E-state index in [1.165, 1.54) is 13.8 Å². The van der Waals surface area contributed by atoms with Gasteiger partial charge in [0.25, 0.3) is 0 Å². The summed E-state index contributed by atoms with van der Waals surface area (Å²) in [6.45, 7) is 5.51. The number of carbonyl (C=O) groups excluding carboxylic acids is 2. The van der Waals surface area contributed by atoms with E-state index in [4.69, 9.17) is 23.7 Å². The van der Waals surface area contributed by atoms with Crippen LogP contribution in [0, 0.1) is 0 Å². The molecule has 34 heavy (non-hydrogen) atoms. The minimum Gasteiger partial charge on any atom is -0.456 e. The lowest BCUT2D eigenvalue weighted by atomic mass is 9.99. The Kier molecular flexibility index (Phi) is 10.4. The van der Waals surface area contributed by atoms with Crippen LogP contribution >= 0.6 is 11.8 Å². The molecular formula is C26H32O7S. The number of carbonyl (C=O) groups is 2. The van der Waals surface area contributed by atoms with Gasteiger partial charge in [-0.3, -0.25) is 9.59 Å². The van der Waals surface area contributed by atoms with Crippen LogP contribution in [0.3, 0.4) is 0 Å². The average Bonchev–Trinajstić information content (AvgIpc) is 2.82. The van der Waals surface area contributed by atoms with E-state index in [2.05, 4.69) is 0 Å². The summed E-state index contributed by atoms with van der Waals surface area (Å²) in [5, 5.41) is 0. The van der Waals surface area contributed by atoms with Crippen LogP contribution in [0.5, 0.6) is 0 Å². The van der Waals surface area contributed by atoms with Crippen molar-refractivity contribution in [3.05, 3.63) is 71.8 Å². The first-order valence-corrected chi connectivity index (χ1v) is 12.4. The summed E-state index contributed by atoms with van der Waals surface area (Å²) in [5.41, 5.74) is 1.55. The van der Waals surface area contributed by atoms with E-state index >= 15 is 0 Å². The Balaban J connectivity index is 1.80. The minimum atomic E-state index is -0.869. The third-order valence-electron chi connectivity index (χ3n) is 5.21. The fourth-order valence-corrected chi connectivity index (χ4v) is 4.75. The molecule has 184 valence electrons. The zero-order valence-corrected chi connectivity index (χ0v) is 20.6. The van der Waals surface area contributed by atoms with Gasteiger partial charge in [0.2, 0.25) is 0 Å². The predicted molar refractivity (Wildman–Crippen MR) is 129 cm³/mol. The number of hydrogen-bond donors (Lipinski definition) is 0. The molecule has 8 heteroatoms. The lowest BCUT2D eigenvalue weighted by Gasteiger charge is -2.44. The fourth-order valence-electron chi connectivity index (χ4n) is 3.78. The molecule has 0 saturated carbocycles. The second-order valence-corrected chi connectivity index (χ2v) is 9.28. The van der Waals surface area contributed by atoms with E-state index in [1.807, 2.05) is 67.6 Å². The molecule has 0 N–H and O–H groups in total. The van der Waals surface area contributed by atoms with Crippen LogP contribution < -0.4 is 0 Å². The number of thioether (sulfide) groups is 1.